The van der Waals surface area contributed by atoms with E-state index >= 15 is 0 Å². The van der Waals surface area contributed by atoms with Gasteiger partial charge >= 0.3 is 6.03 Å². The van der Waals surface area contributed by atoms with Gasteiger partial charge in [-0.2, -0.15) is 0 Å². The number of amides is 2. The van der Waals surface area contributed by atoms with E-state index in [-0.39, 0.29) is 17.8 Å². The van der Waals surface area contributed by atoms with Crippen LogP contribution in [0.2, 0.25) is 0 Å². The molecule has 6 nitrogen and oxygen atoms in total. The number of phenols is 1. The van der Waals surface area contributed by atoms with E-state index in [2.05, 4.69) is 27.4 Å². The SMILES string of the molecule is CC1CCN(c2ccc(CNC(=O)NC(C)CCc3ccc(O)cc3)cn2)CC1. The molecule has 2 aromatic rings. The summed E-state index contributed by atoms with van der Waals surface area (Å²) in [5.74, 6) is 2.09. The Hall–Kier alpha value is -2.76. The number of hydrogen-bond donors (Lipinski definition) is 3. The molecule has 1 aliphatic rings. The predicted octanol–water partition coefficient (Wildman–Crippen LogP) is 3.84. The molecule has 0 saturated carbocycles. The first-order valence-electron chi connectivity index (χ1n) is 10.5. The first-order valence-corrected chi connectivity index (χ1v) is 10.5. The average molecular weight is 397 g/mol. The van der Waals surface area contributed by atoms with E-state index in [1.165, 1.54) is 12.8 Å². The van der Waals surface area contributed by atoms with E-state index < -0.39 is 0 Å². The van der Waals surface area contributed by atoms with Gasteiger partial charge in [0.05, 0.1) is 0 Å². The maximum atomic E-state index is 12.1. The van der Waals surface area contributed by atoms with Crippen LogP contribution >= 0.6 is 0 Å². The van der Waals surface area contributed by atoms with E-state index in [1.54, 1.807) is 12.1 Å². The summed E-state index contributed by atoms with van der Waals surface area (Å²) in [5.41, 5.74) is 2.14. The number of carbonyl (C=O) groups is 1. The van der Waals surface area contributed by atoms with E-state index in [0.717, 1.165) is 48.8 Å². The summed E-state index contributed by atoms with van der Waals surface area (Å²) in [7, 11) is 0. The fourth-order valence-corrected chi connectivity index (χ4v) is 3.52. The summed E-state index contributed by atoms with van der Waals surface area (Å²) >= 11 is 0. The maximum Gasteiger partial charge on any atom is 0.315 e. The molecule has 1 fully saturated rings. The monoisotopic (exact) mass is 396 g/mol. The third kappa shape index (κ3) is 6.66. The van der Waals surface area contributed by atoms with Gasteiger partial charge in [-0.1, -0.05) is 25.1 Å². The first kappa shape index (κ1) is 21.0. The molecule has 0 aliphatic carbocycles. The molecular formula is C23H32N4O2. The normalized spacial score (nSPS) is 15.7. The number of piperidine rings is 1. The minimum atomic E-state index is -0.169. The number of hydrogen-bond acceptors (Lipinski definition) is 4. The minimum absolute atomic E-state index is 0.0609. The molecule has 2 heterocycles. The third-order valence-electron chi connectivity index (χ3n) is 5.55. The van der Waals surface area contributed by atoms with E-state index in [0.29, 0.717) is 6.54 Å². The van der Waals surface area contributed by atoms with Gasteiger partial charge in [0.15, 0.2) is 0 Å². The smallest absolute Gasteiger partial charge is 0.315 e. The lowest BCUT2D eigenvalue weighted by Crippen LogP contribution is -2.40. The fraction of sp³-hybridized carbons (Fsp3) is 0.478. The topological polar surface area (TPSA) is 77.5 Å². The van der Waals surface area contributed by atoms with Gasteiger partial charge in [-0.3, -0.25) is 0 Å². The van der Waals surface area contributed by atoms with E-state index in [9.17, 15) is 9.90 Å². The maximum absolute atomic E-state index is 12.1. The number of pyridine rings is 1. The lowest BCUT2D eigenvalue weighted by atomic mass is 9.99. The van der Waals surface area contributed by atoms with Gasteiger partial charge < -0.3 is 20.6 Å². The van der Waals surface area contributed by atoms with Gasteiger partial charge in [-0.15, -0.1) is 0 Å². The highest BCUT2D eigenvalue weighted by Gasteiger charge is 2.16. The Labute approximate surface area is 173 Å². The molecule has 1 saturated heterocycles. The molecule has 156 valence electrons. The van der Waals surface area contributed by atoms with E-state index in [4.69, 9.17) is 0 Å². The van der Waals surface area contributed by atoms with Gasteiger partial charge in [0.25, 0.3) is 0 Å². The molecular weight excluding hydrogens is 364 g/mol. The molecule has 1 aliphatic heterocycles. The van der Waals surface area contributed by atoms with Crippen molar-refractivity contribution in [2.75, 3.05) is 18.0 Å². The number of phenolic OH excluding ortho intramolecular Hbond substituents is 1. The number of benzene rings is 1. The molecule has 1 aromatic carbocycles. The zero-order valence-electron chi connectivity index (χ0n) is 17.4. The Morgan fingerprint density at radius 2 is 1.86 bits per heavy atom. The molecule has 2 amide bonds. The number of rotatable bonds is 7. The van der Waals surface area contributed by atoms with Crippen LogP contribution in [0.4, 0.5) is 10.6 Å². The van der Waals surface area contributed by atoms with Crippen molar-refractivity contribution in [1.82, 2.24) is 15.6 Å². The molecule has 6 heteroatoms. The van der Waals surface area contributed by atoms with Crippen molar-refractivity contribution in [3.05, 3.63) is 53.7 Å². The standard InChI is InChI=1S/C23H32N4O2/c1-17-11-13-27(14-12-17)22-10-7-20(15-24-22)16-25-23(29)26-18(2)3-4-19-5-8-21(28)9-6-19/h5-10,15,17-18,28H,3-4,11-14,16H2,1-2H3,(H2,25,26,29). The quantitative estimate of drug-likeness (QED) is 0.664. The Kier molecular flexibility index (Phi) is 7.33. The predicted molar refractivity (Wildman–Crippen MR) is 116 cm³/mol. The summed E-state index contributed by atoms with van der Waals surface area (Å²) in [6.45, 7) is 6.89. The Bertz CT molecular complexity index is 768. The number of anilines is 1. The molecule has 3 N–H and O–H groups in total. The van der Waals surface area contributed by atoms with Crippen molar-refractivity contribution in [1.29, 1.82) is 0 Å². The van der Waals surface area contributed by atoms with Crippen LogP contribution in [0.25, 0.3) is 0 Å². The molecule has 1 unspecified atom stereocenters. The van der Waals surface area contributed by atoms with Crippen LogP contribution in [-0.4, -0.2) is 35.3 Å². The second-order valence-corrected chi connectivity index (χ2v) is 8.13. The summed E-state index contributed by atoms with van der Waals surface area (Å²) in [6, 6.07) is 11.2. The number of urea groups is 1. The Morgan fingerprint density at radius 3 is 2.52 bits per heavy atom. The number of aromatic nitrogens is 1. The zero-order valence-corrected chi connectivity index (χ0v) is 17.4. The van der Waals surface area contributed by atoms with Crippen molar-refractivity contribution in [3.63, 3.8) is 0 Å². The lowest BCUT2D eigenvalue weighted by molar-refractivity contribution is 0.237. The molecule has 0 radical (unpaired) electrons. The number of nitrogens with one attached hydrogen (secondary N) is 2. The number of nitrogens with zero attached hydrogens (tertiary/aromatic N) is 2. The third-order valence-corrected chi connectivity index (χ3v) is 5.55. The lowest BCUT2D eigenvalue weighted by Gasteiger charge is -2.31. The van der Waals surface area contributed by atoms with Crippen LogP contribution in [0.3, 0.4) is 0 Å². The summed E-state index contributed by atoms with van der Waals surface area (Å²) in [5, 5.41) is 15.2. The van der Waals surface area contributed by atoms with Gasteiger partial charge in [0.2, 0.25) is 0 Å². The van der Waals surface area contributed by atoms with Gasteiger partial charge in [-0.25, -0.2) is 9.78 Å². The molecule has 1 atom stereocenters. The van der Waals surface area contributed by atoms with Crippen molar-refractivity contribution in [2.45, 2.75) is 52.1 Å². The van der Waals surface area contributed by atoms with Crippen molar-refractivity contribution in [2.24, 2.45) is 5.92 Å². The molecule has 29 heavy (non-hydrogen) atoms. The van der Waals surface area contributed by atoms with Gasteiger partial charge in [0.1, 0.15) is 11.6 Å². The van der Waals surface area contributed by atoms with Crippen molar-refractivity contribution in [3.8, 4) is 5.75 Å². The van der Waals surface area contributed by atoms with E-state index in [1.807, 2.05) is 37.4 Å². The highest BCUT2D eigenvalue weighted by Crippen LogP contribution is 2.21. The highest BCUT2D eigenvalue weighted by atomic mass is 16.3. The van der Waals surface area contributed by atoms with Crippen LogP contribution in [-0.2, 0) is 13.0 Å². The van der Waals surface area contributed by atoms with Crippen LogP contribution in [0.15, 0.2) is 42.6 Å². The molecule has 0 bridgehead atoms. The Morgan fingerprint density at radius 1 is 1.17 bits per heavy atom. The average Bonchev–Trinajstić information content (AvgIpc) is 2.73. The fourth-order valence-electron chi connectivity index (χ4n) is 3.52. The largest absolute Gasteiger partial charge is 0.508 e. The van der Waals surface area contributed by atoms with Crippen LogP contribution < -0.4 is 15.5 Å². The van der Waals surface area contributed by atoms with Crippen molar-refractivity contribution < 1.29 is 9.90 Å². The molecule has 0 spiro atoms. The van der Waals surface area contributed by atoms with Gasteiger partial charge in [-0.05, 0) is 67.9 Å². The summed E-state index contributed by atoms with van der Waals surface area (Å²) in [4.78, 5) is 19.0. The Balaban J connectivity index is 1.37. The summed E-state index contributed by atoms with van der Waals surface area (Å²) < 4.78 is 0. The number of carbonyl (C=O) groups excluding carboxylic acids is 1. The second-order valence-electron chi connectivity index (χ2n) is 8.13. The highest BCUT2D eigenvalue weighted by molar-refractivity contribution is 5.74. The first-order chi connectivity index (χ1) is 14.0. The molecule has 3 rings (SSSR count). The number of aryl methyl sites for hydroxylation is 1. The van der Waals surface area contributed by atoms with Crippen molar-refractivity contribution >= 4 is 11.8 Å². The van der Waals surface area contributed by atoms with Crippen LogP contribution in [0.1, 0.15) is 44.2 Å². The minimum Gasteiger partial charge on any atom is -0.508 e. The number of aromatic hydroxyl groups is 1. The zero-order chi connectivity index (χ0) is 20.6. The summed E-state index contributed by atoms with van der Waals surface area (Å²) in [6.07, 6.45) is 5.97. The van der Waals surface area contributed by atoms with Crippen LogP contribution in [0, 0.1) is 5.92 Å². The van der Waals surface area contributed by atoms with Gasteiger partial charge in [0, 0.05) is 31.9 Å². The van der Waals surface area contributed by atoms with Crippen LogP contribution in [0.5, 0.6) is 5.75 Å². The molecule has 1 aromatic heterocycles. The second kappa shape index (κ2) is 10.1.